The summed E-state index contributed by atoms with van der Waals surface area (Å²) in [5, 5.41) is 0. The number of carbonyl (C=O) groups is 1. The Morgan fingerprint density at radius 2 is 1.28 bits per heavy atom. The molecule has 1 rings (SSSR count). The Hall–Kier alpha value is -0.810. The van der Waals surface area contributed by atoms with Crippen molar-refractivity contribution in [3.05, 3.63) is 29.8 Å². The molecule has 5 nitrogen and oxygen atoms in total. The second-order valence-electron chi connectivity index (χ2n) is 8.67. The highest BCUT2D eigenvalue weighted by Gasteiger charge is 2.21. The van der Waals surface area contributed by atoms with E-state index in [-0.39, 0.29) is 5.75 Å². The van der Waals surface area contributed by atoms with E-state index in [1.807, 2.05) is 12.1 Å². The van der Waals surface area contributed by atoms with Gasteiger partial charge in [-0.15, -0.1) is 0 Å². The van der Waals surface area contributed by atoms with Crippen molar-refractivity contribution in [2.75, 3.05) is 0 Å². The number of hydrogen-bond acceptors (Lipinski definition) is 5. The number of hydrogen-bond donors (Lipinski definition) is 2. The fourth-order valence-electron chi connectivity index (χ4n) is 3.82. The lowest BCUT2D eigenvalue weighted by atomic mass is 10.0. The van der Waals surface area contributed by atoms with Gasteiger partial charge in [0.1, 0.15) is 11.5 Å². The van der Waals surface area contributed by atoms with Crippen LogP contribution in [-0.4, -0.2) is 10.7 Å². The van der Waals surface area contributed by atoms with Crippen LogP contribution >= 0.6 is 20.7 Å². The first-order valence-corrected chi connectivity index (χ1v) is 14.3. The highest BCUT2D eigenvalue weighted by Crippen LogP contribution is 2.44. The first-order chi connectivity index (χ1) is 15.5. The van der Waals surface area contributed by atoms with Gasteiger partial charge in [0.15, 0.2) is 0 Å². The maximum absolute atomic E-state index is 12.1. The van der Waals surface area contributed by atoms with Gasteiger partial charge in [0.05, 0.1) is 0 Å². The first-order valence-electron chi connectivity index (χ1n) is 12.4. The molecule has 0 bridgehead atoms. The van der Waals surface area contributed by atoms with Gasteiger partial charge in [0.25, 0.3) is 0 Å². The molecule has 7 heteroatoms. The molecule has 1 unspecified atom stereocenters. The SMILES string of the molecule is CCCCCCCCCCCCCCCC(=O)CCCc1ccc(OP(=O)(O)OS)cc1. The predicted octanol–water partition coefficient (Wildman–Crippen LogP) is 8.40. The summed E-state index contributed by atoms with van der Waals surface area (Å²) in [7, 11) is -4.15. The van der Waals surface area contributed by atoms with Gasteiger partial charge in [-0.3, -0.25) is 9.69 Å². The second kappa shape index (κ2) is 18.6. The first kappa shape index (κ1) is 29.2. The average Bonchev–Trinajstić information content (AvgIpc) is 2.78. The monoisotopic (exact) mass is 486 g/mol. The molecule has 0 aliphatic carbocycles. The number of Topliss-reactive ketones (excluding diaryl/α,β-unsaturated/α-hetero) is 1. The van der Waals surface area contributed by atoms with Gasteiger partial charge in [-0.1, -0.05) is 96.1 Å². The van der Waals surface area contributed by atoms with Gasteiger partial charge in [0, 0.05) is 12.8 Å². The number of ketones is 1. The van der Waals surface area contributed by atoms with Crippen LogP contribution < -0.4 is 4.52 Å². The topological polar surface area (TPSA) is 72.8 Å². The fraction of sp³-hybridized carbons (Fsp3) is 0.720. The predicted molar refractivity (Wildman–Crippen MR) is 135 cm³/mol. The van der Waals surface area contributed by atoms with Gasteiger partial charge in [0.2, 0.25) is 0 Å². The van der Waals surface area contributed by atoms with Gasteiger partial charge in [-0.05, 0) is 49.9 Å². The van der Waals surface area contributed by atoms with Crippen molar-refractivity contribution in [2.45, 2.75) is 116 Å². The van der Waals surface area contributed by atoms with Crippen LogP contribution in [0.15, 0.2) is 24.3 Å². The van der Waals surface area contributed by atoms with Gasteiger partial charge in [-0.25, -0.2) is 8.54 Å². The van der Waals surface area contributed by atoms with Crippen LogP contribution in [0.3, 0.4) is 0 Å². The van der Waals surface area contributed by atoms with Crippen LogP contribution in [0.25, 0.3) is 0 Å². The minimum atomic E-state index is -4.15. The van der Waals surface area contributed by atoms with E-state index in [9.17, 15) is 14.3 Å². The molecule has 184 valence electrons. The molecule has 0 radical (unpaired) electrons. The standard InChI is InChI=1S/C25H43O5PS/c1-2-3-4-5-6-7-8-9-10-11-12-13-14-17-24(26)18-15-16-23-19-21-25(22-20-23)29-31(27,28)30-32/h19-22,32H,2-18H2,1H3,(H,27,28). The zero-order valence-electron chi connectivity index (χ0n) is 19.8. The van der Waals surface area contributed by atoms with Crippen LogP contribution in [0, 0.1) is 0 Å². The van der Waals surface area contributed by atoms with E-state index in [4.69, 9.17) is 4.52 Å². The van der Waals surface area contributed by atoms with Crippen LogP contribution in [-0.2, 0) is 19.8 Å². The third-order valence-electron chi connectivity index (χ3n) is 5.73. The van der Waals surface area contributed by atoms with Crippen molar-refractivity contribution in [3.63, 3.8) is 0 Å². The third-order valence-corrected chi connectivity index (χ3v) is 6.99. The molecule has 1 aromatic rings. The third kappa shape index (κ3) is 15.9. The molecule has 0 spiro atoms. The summed E-state index contributed by atoms with van der Waals surface area (Å²) in [6, 6.07) is 6.87. The molecule has 0 fully saturated rings. The molecule has 1 aromatic carbocycles. The summed E-state index contributed by atoms with van der Waals surface area (Å²) in [5.41, 5.74) is 1.06. The number of phosphoric acid groups is 1. The summed E-state index contributed by atoms with van der Waals surface area (Å²) in [5.74, 6) is 0.590. The minimum absolute atomic E-state index is 0.243. The molecular formula is C25H43O5PS. The Morgan fingerprint density at radius 1 is 0.812 bits per heavy atom. The Balaban J connectivity index is 1.96. The molecule has 1 atom stereocenters. The van der Waals surface area contributed by atoms with Crippen molar-refractivity contribution < 1.29 is 22.7 Å². The van der Waals surface area contributed by atoms with Crippen molar-refractivity contribution in [1.29, 1.82) is 0 Å². The molecule has 1 N–H and O–H groups in total. The maximum Gasteiger partial charge on any atom is 0.538 e. The zero-order valence-corrected chi connectivity index (χ0v) is 21.6. The van der Waals surface area contributed by atoms with Crippen molar-refractivity contribution in [3.8, 4) is 5.75 Å². The number of thiol groups is 1. The van der Waals surface area contributed by atoms with E-state index in [0.29, 0.717) is 18.6 Å². The van der Waals surface area contributed by atoms with Crippen LogP contribution in [0.1, 0.15) is 115 Å². The number of rotatable bonds is 21. The lowest BCUT2D eigenvalue weighted by molar-refractivity contribution is -0.119. The number of phosphoric ester groups is 1. The van der Waals surface area contributed by atoms with Crippen LogP contribution in [0.4, 0.5) is 0 Å². The highest BCUT2D eigenvalue weighted by atomic mass is 32.1. The van der Waals surface area contributed by atoms with E-state index < -0.39 is 7.82 Å². The van der Waals surface area contributed by atoms with Gasteiger partial charge in [-0.2, -0.15) is 0 Å². The number of carbonyl (C=O) groups excluding carboxylic acids is 1. The van der Waals surface area contributed by atoms with Crippen molar-refractivity contribution in [2.24, 2.45) is 0 Å². The summed E-state index contributed by atoms with van der Waals surface area (Å²) in [6.07, 6.45) is 20.0. The lowest BCUT2D eigenvalue weighted by Crippen LogP contribution is -1.99. The Labute approximate surface area is 200 Å². The molecule has 0 saturated carbocycles. The maximum atomic E-state index is 12.1. The van der Waals surface area contributed by atoms with Crippen LogP contribution in [0.2, 0.25) is 0 Å². The quantitative estimate of drug-likeness (QED) is 0.0790. The number of aryl methyl sites for hydroxylation is 1. The van der Waals surface area contributed by atoms with E-state index in [0.717, 1.165) is 31.2 Å². The van der Waals surface area contributed by atoms with Crippen LogP contribution in [0.5, 0.6) is 5.75 Å². The summed E-state index contributed by atoms with van der Waals surface area (Å²) < 4.78 is 20.2. The Morgan fingerprint density at radius 3 is 1.78 bits per heavy atom. The normalized spacial score (nSPS) is 13.1. The number of unbranched alkanes of at least 4 members (excludes halogenated alkanes) is 12. The van der Waals surface area contributed by atoms with Crippen molar-refractivity contribution in [1.82, 2.24) is 0 Å². The lowest BCUT2D eigenvalue weighted by Gasteiger charge is -2.09. The smallest absolute Gasteiger partial charge is 0.404 e. The van der Waals surface area contributed by atoms with Gasteiger partial charge >= 0.3 is 7.82 Å². The molecule has 0 heterocycles. The zero-order chi connectivity index (χ0) is 23.5. The number of benzene rings is 1. The second-order valence-corrected chi connectivity index (χ2v) is 10.4. The Bertz CT molecular complexity index is 650. The average molecular weight is 487 g/mol. The van der Waals surface area contributed by atoms with Gasteiger partial charge < -0.3 is 4.52 Å². The molecule has 32 heavy (non-hydrogen) atoms. The summed E-state index contributed by atoms with van der Waals surface area (Å²) >= 11 is 3.31. The molecule has 0 aliphatic heterocycles. The largest absolute Gasteiger partial charge is 0.538 e. The highest BCUT2D eigenvalue weighted by molar-refractivity contribution is 7.80. The van der Waals surface area contributed by atoms with Crippen molar-refractivity contribution >= 4 is 26.5 Å². The van der Waals surface area contributed by atoms with E-state index in [2.05, 4.69) is 23.8 Å². The minimum Gasteiger partial charge on any atom is -0.404 e. The summed E-state index contributed by atoms with van der Waals surface area (Å²) in [6.45, 7) is 2.26. The van der Waals surface area contributed by atoms with E-state index in [1.54, 1.807) is 12.1 Å². The van der Waals surface area contributed by atoms with E-state index >= 15 is 0 Å². The molecule has 0 amide bonds. The molecular weight excluding hydrogens is 443 g/mol. The van der Waals surface area contributed by atoms with E-state index in [1.165, 1.54) is 70.6 Å². The fourth-order valence-corrected chi connectivity index (χ4v) is 4.34. The summed E-state index contributed by atoms with van der Waals surface area (Å²) in [4.78, 5) is 21.3. The Kier molecular flexibility index (Phi) is 17.0. The molecule has 0 saturated heterocycles. The molecule has 0 aliphatic rings. The molecule has 0 aromatic heterocycles.